The maximum absolute atomic E-state index is 11.3. The van der Waals surface area contributed by atoms with Gasteiger partial charge in [-0.1, -0.05) is 0 Å². The Morgan fingerprint density at radius 1 is 1.30 bits per heavy atom. The molecule has 1 N–H and O–H groups in total. The Morgan fingerprint density at radius 2 is 2.22 bits per heavy atom. The lowest BCUT2D eigenvalue weighted by atomic mass is 10.2. The Balaban J connectivity index is 1.62. The van der Waals surface area contributed by atoms with E-state index in [4.69, 9.17) is 4.74 Å². The number of aromatic nitrogens is 6. The highest BCUT2D eigenvalue weighted by molar-refractivity contribution is 5.61. The van der Waals surface area contributed by atoms with Gasteiger partial charge in [0, 0.05) is 36.3 Å². The highest BCUT2D eigenvalue weighted by Crippen LogP contribution is 2.15. The Hall–Kier alpha value is -3.42. The number of rotatable bonds is 3. The minimum absolute atomic E-state index is 0.190. The van der Waals surface area contributed by atoms with E-state index in [1.807, 2.05) is 6.92 Å². The summed E-state index contributed by atoms with van der Waals surface area (Å²) in [5, 5.41) is 6.87. The number of nitrogens with one attached hydrogen (secondary N) is 1. The van der Waals surface area contributed by atoms with E-state index in [1.165, 1.54) is 6.07 Å². The van der Waals surface area contributed by atoms with Gasteiger partial charge in [0.25, 0.3) is 5.56 Å². The van der Waals surface area contributed by atoms with Crippen LogP contribution in [0.2, 0.25) is 0 Å². The number of H-pyrrole nitrogens is 1. The van der Waals surface area contributed by atoms with E-state index in [2.05, 4.69) is 20.2 Å². The third kappa shape index (κ3) is 2.46. The van der Waals surface area contributed by atoms with E-state index in [1.54, 1.807) is 52.1 Å². The third-order valence-electron chi connectivity index (χ3n) is 3.33. The molecule has 0 spiro atoms. The molecule has 0 aliphatic carbocycles. The van der Waals surface area contributed by atoms with Gasteiger partial charge in [-0.25, -0.2) is 19.0 Å². The molecule has 0 amide bonds. The van der Waals surface area contributed by atoms with Crippen LogP contribution in [0.15, 0.2) is 53.9 Å². The highest BCUT2D eigenvalue weighted by atomic mass is 16.5. The second-order valence-electron chi connectivity index (χ2n) is 4.99. The van der Waals surface area contributed by atoms with Crippen molar-refractivity contribution in [3.05, 3.63) is 65.2 Å². The minimum atomic E-state index is -0.190. The van der Waals surface area contributed by atoms with E-state index < -0.39 is 0 Å². The van der Waals surface area contributed by atoms with Gasteiger partial charge in [-0.2, -0.15) is 0 Å². The van der Waals surface area contributed by atoms with Gasteiger partial charge in [0.15, 0.2) is 11.3 Å². The molecule has 4 rings (SSSR count). The standard InChI is InChI=1S/C15H12N6O2/c1-10(11-3-6-21-13(17-11)7-14(22)18-21)9-23-15-8-12-16-4-2-5-20(12)19-15/h2-9H,1H3,(H,18,22)/b10-9+. The second-order valence-corrected chi connectivity index (χ2v) is 4.99. The number of nitrogens with zero attached hydrogens (tertiary/aromatic N) is 5. The lowest BCUT2D eigenvalue weighted by Gasteiger charge is -2.02. The largest absolute Gasteiger partial charge is 0.445 e. The summed E-state index contributed by atoms with van der Waals surface area (Å²) < 4.78 is 8.77. The zero-order chi connectivity index (χ0) is 15.8. The molecule has 0 fully saturated rings. The molecule has 0 bridgehead atoms. The molecule has 23 heavy (non-hydrogen) atoms. The van der Waals surface area contributed by atoms with Crippen LogP contribution < -0.4 is 10.3 Å². The molecule has 4 aromatic rings. The Kier molecular flexibility index (Phi) is 2.94. The van der Waals surface area contributed by atoms with Crippen molar-refractivity contribution in [2.24, 2.45) is 0 Å². The first-order chi connectivity index (χ1) is 11.2. The van der Waals surface area contributed by atoms with Crippen molar-refractivity contribution in [2.75, 3.05) is 0 Å². The van der Waals surface area contributed by atoms with Crippen LogP contribution in [0.3, 0.4) is 0 Å². The van der Waals surface area contributed by atoms with Crippen LogP contribution in [-0.4, -0.2) is 29.2 Å². The topological polar surface area (TPSA) is 89.6 Å². The highest BCUT2D eigenvalue weighted by Gasteiger charge is 2.05. The van der Waals surface area contributed by atoms with E-state index in [-0.39, 0.29) is 5.56 Å². The van der Waals surface area contributed by atoms with Gasteiger partial charge in [0.05, 0.1) is 12.0 Å². The summed E-state index contributed by atoms with van der Waals surface area (Å²) in [7, 11) is 0. The normalized spacial score (nSPS) is 12.1. The number of ether oxygens (including phenoxy) is 1. The number of fused-ring (bicyclic) bond motifs is 2. The fourth-order valence-corrected chi connectivity index (χ4v) is 2.20. The molecular formula is C15H12N6O2. The first kappa shape index (κ1) is 13.3. The summed E-state index contributed by atoms with van der Waals surface area (Å²) in [6, 6.07) is 6.77. The Labute approximate surface area is 129 Å². The monoisotopic (exact) mass is 308 g/mol. The zero-order valence-corrected chi connectivity index (χ0v) is 12.2. The lowest BCUT2D eigenvalue weighted by Crippen LogP contribution is -1.98. The van der Waals surface area contributed by atoms with Crippen molar-refractivity contribution in [1.82, 2.24) is 29.2 Å². The summed E-state index contributed by atoms with van der Waals surface area (Å²) in [4.78, 5) is 19.9. The molecule has 0 radical (unpaired) electrons. The average molecular weight is 308 g/mol. The van der Waals surface area contributed by atoms with Gasteiger partial charge in [-0.3, -0.25) is 9.89 Å². The number of hydrogen-bond acceptors (Lipinski definition) is 5. The van der Waals surface area contributed by atoms with Gasteiger partial charge < -0.3 is 4.74 Å². The SMILES string of the molecule is C/C(=C\Oc1cc2ncccn2n1)c1ccn2[nH]c(=O)cc2n1. The predicted octanol–water partition coefficient (Wildman–Crippen LogP) is 1.51. The average Bonchev–Trinajstić information content (AvgIpc) is 3.13. The first-order valence-corrected chi connectivity index (χ1v) is 6.92. The number of allylic oxidation sites excluding steroid dienone is 1. The molecule has 4 heterocycles. The van der Waals surface area contributed by atoms with E-state index in [0.29, 0.717) is 22.9 Å². The van der Waals surface area contributed by atoms with Gasteiger partial charge in [0.2, 0.25) is 5.88 Å². The smallest absolute Gasteiger partial charge is 0.266 e. The predicted molar refractivity (Wildman–Crippen MR) is 83.1 cm³/mol. The molecule has 0 aliphatic heterocycles. The lowest BCUT2D eigenvalue weighted by molar-refractivity contribution is 0.458. The zero-order valence-electron chi connectivity index (χ0n) is 12.2. The molecule has 0 unspecified atom stereocenters. The fraction of sp³-hybridized carbons (Fsp3) is 0.0667. The number of hydrogen-bond donors (Lipinski definition) is 1. The Bertz CT molecular complexity index is 1050. The van der Waals surface area contributed by atoms with Crippen LogP contribution in [0.1, 0.15) is 12.6 Å². The molecule has 0 aromatic carbocycles. The molecule has 0 atom stereocenters. The van der Waals surface area contributed by atoms with Crippen LogP contribution in [0.4, 0.5) is 0 Å². The van der Waals surface area contributed by atoms with Crippen LogP contribution in [0.5, 0.6) is 5.88 Å². The van der Waals surface area contributed by atoms with Gasteiger partial charge >= 0.3 is 0 Å². The summed E-state index contributed by atoms with van der Waals surface area (Å²) in [5.74, 6) is 0.446. The van der Waals surface area contributed by atoms with Crippen LogP contribution in [0, 0.1) is 0 Å². The molecule has 0 saturated heterocycles. The molecule has 114 valence electrons. The first-order valence-electron chi connectivity index (χ1n) is 6.92. The molecule has 0 saturated carbocycles. The van der Waals surface area contributed by atoms with Crippen LogP contribution >= 0.6 is 0 Å². The summed E-state index contributed by atoms with van der Waals surface area (Å²) in [6.45, 7) is 1.87. The van der Waals surface area contributed by atoms with Crippen LogP contribution in [0.25, 0.3) is 16.9 Å². The molecule has 8 heteroatoms. The molecule has 0 aliphatic rings. The quantitative estimate of drug-likeness (QED) is 0.579. The van der Waals surface area contributed by atoms with Crippen molar-refractivity contribution in [1.29, 1.82) is 0 Å². The maximum Gasteiger partial charge on any atom is 0.266 e. The van der Waals surface area contributed by atoms with Crippen molar-refractivity contribution < 1.29 is 4.74 Å². The molecule has 8 nitrogen and oxygen atoms in total. The van der Waals surface area contributed by atoms with E-state index >= 15 is 0 Å². The summed E-state index contributed by atoms with van der Waals surface area (Å²) in [6.07, 6.45) is 6.81. The van der Waals surface area contributed by atoms with Crippen LogP contribution in [-0.2, 0) is 0 Å². The van der Waals surface area contributed by atoms with Gasteiger partial charge in [-0.05, 0) is 19.1 Å². The molecular weight excluding hydrogens is 296 g/mol. The van der Waals surface area contributed by atoms with Crippen molar-refractivity contribution in [3.8, 4) is 5.88 Å². The minimum Gasteiger partial charge on any atom is -0.445 e. The number of aromatic amines is 1. The summed E-state index contributed by atoms with van der Waals surface area (Å²) >= 11 is 0. The second kappa shape index (κ2) is 5.09. The molecule has 4 aromatic heterocycles. The van der Waals surface area contributed by atoms with E-state index in [9.17, 15) is 4.79 Å². The fourth-order valence-electron chi connectivity index (χ4n) is 2.20. The van der Waals surface area contributed by atoms with Crippen molar-refractivity contribution in [3.63, 3.8) is 0 Å². The van der Waals surface area contributed by atoms with Crippen molar-refractivity contribution in [2.45, 2.75) is 6.92 Å². The van der Waals surface area contributed by atoms with Gasteiger partial charge in [-0.15, -0.1) is 5.10 Å². The Morgan fingerprint density at radius 3 is 3.09 bits per heavy atom. The summed E-state index contributed by atoms with van der Waals surface area (Å²) in [5.41, 5.74) is 2.60. The van der Waals surface area contributed by atoms with Crippen molar-refractivity contribution >= 4 is 16.9 Å². The maximum atomic E-state index is 11.3. The third-order valence-corrected chi connectivity index (χ3v) is 3.33. The van der Waals surface area contributed by atoms with Gasteiger partial charge in [0.1, 0.15) is 0 Å². The van der Waals surface area contributed by atoms with E-state index in [0.717, 1.165) is 5.57 Å².